The average Bonchev–Trinajstić information content (AvgIpc) is 3.25. The van der Waals surface area contributed by atoms with Crippen LogP contribution in [-0.4, -0.2) is 37.8 Å². The van der Waals surface area contributed by atoms with E-state index >= 15 is 0 Å². The third-order valence-corrected chi connectivity index (χ3v) is 7.57. The highest BCUT2D eigenvalue weighted by Crippen LogP contribution is 2.32. The summed E-state index contributed by atoms with van der Waals surface area (Å²) in [4.78, 5) is 4.59. The van der Waals surface area contributed by atoms with Crippen molar-refractivity contribution in [1.82, 2.24) is 4.98 Å². The summed E-state index contributed by atoms with van der Waals surface area (Å²) in [6, 6.07) is 23.9. The van der Waals surface area contributed by atoms with E-state index in [1.54, 1.807) is 42.5 Å². The summed E-state index contributed by atoms with van der Waals surface area (Å²) in [6.45, 7) is -0.356. The molecular formula is C23H19N3O4S2. The smallest absolute Gasteiger partial charge is 0.266 e. The molecule has 1 heterocycles. The number of ether oxygens (including phenoxy) is 1. The van der Waals surface area contributed by atoms with Crippen molar-refractivity contribution < 1.29 is 18.3 Å². The fraction of sp³-hybridized carbons (Fsp3) is 0.130. The van der Waals surface area contributed by atoms with Crippen LogP contribution in [0, 0.1) is 11.3 Å². The van der Waals surface area contributed by atoms with Gasteiger partial charge >= 0.3 is 0 Å². The van der Waals surface area contributed by atoms with Crippen molar-refractivity contribution in [3.8, 4) is 11.8 Å². The van der Waals surface area contributed by atoms with Crippen LogP contribution in [0.1, 0.15) is 5.56 Å². The number of hydrogen-bond donors (Lipinski definition) is 1. The Kier molecular flexibility index (Phi) is 6.37. The molecule has 0 unspecified atom stereocenters. The van der Waals surface area contributed by atoms with Crippen molar-refractivity contribution in [3.63, 3.8) is 0 Å². The van der Waals surface area contributed by atoms with Crippen LogP contribution in [0.25, 0.3) is 10.2 Å². The van der Waals surface area contributed by atoms with Gasteiger partial charge in [0.25, 0.3) is 10.0 Å². The van der Waals surface area contributed by atoms with Crippen LogP contribution in [0.5, 0.6) is 5.75 Å². The molecule has 1 atom stereocenters. The van der Waals surface area contributed by atoms with Gasteiger partial charge < -0.3 is 9.84 Å². The van der Waals surface area contributed by atoms with Gasteiger partial charge in [0.2, 0.25) is 5.13 Å². The number of nitrogens with zero attached hydrogens (tertiary/aromatic N) is 3. The summed E-state index contributed by atoms with van der Waals surface area (Å²) < 4.78 is 34.4. The molecule has 1 aromatic heterocycles. The maximum absolute atomic E-state index is 13.4. The minimum atomic E-state index is -3.96. The first-order valence-electron chi connectivity index (χ1n) is 9.72. The van der Waals surface area contributed by atoms with E-state index in [0.717, 1.165) is 9.01 Å². The van der Waals surface area contributed by atoms with E-state index in [2.05, 4.69) is 4.98 Å². The van der Waals surface area contributed by atoms with Crippen LogP contribution < -0.4 is 9.04 Å². The van der Waals surface area contributed by atoms with Crippen molar-refractivity contribution in [2.45, 2.75) is 11.0 Å². The third-order valence-electron chi connectivity index (χ3n) is 4.63. The van der Waals surface area contributed by atoms with Crippen molar-refractivity contribution >= 4 is 36.7 Å². The first-order chi connectivity index (χ1) is 15.5. The zero-order valence-electron chi connectivity index (χ0n) is 16.8. The van der Waals surface area contributed by atoms with Crippen molar-refractivity contribution in [2.24, 2.45) is 0 Å². The number of thiazole rings is 1. The lowest BCUT2D eigenvalue weighted by Crippen LogP contribution is -2.39. The molecule has 0 spiro atoms. The summed E-state index contributed by atoms with van der Waals surface area (Å²) in [5.41, 5.74) is 1.18. The molecule has 0 fully saturated rings. The predicted molar refractivity (Wildman–Crippen MR) is 123 cm³/mol. The highest BCUT2D eigenvalue weighted by Gasteiger charge is 2.29. The lowest BCUT2D eigenvalue weighted by molar-refractivity contribution is 0.115. The van der Waals surface area contributed by atoms with Crippen molar-refractivity contribution in [2.75, 3.05) is 17.5 Å². The van der Waals surface area contributed by atoms with Gasteiger partial charge in [0.15, 0.2) is 0 Å². The van der Waals surface area contributed by atoms with Gasteiger partial charge in [-0.2, -0.15) is 5.26 Å². The molecule has 0 aliphatic heterocycles. The quantitative estimate of drug-likeness (QED) is 0.424. The van der Waals surface area contributed by atoms with E-state index < -0.39 is 16.1 Å². The standard InChI is InChI=1S/C23H19N3O4S2/c24-14-17-10-12-19(13-11-17)30-16-18(27)15-26(32(28,29)20-6-2-1-3-7-20)23-25-21-8-4-5-9-22(21)31-23/h1-13,18,27H,15-16H2/t18-/m1/s1. The number of rotatable bonds is 8. The second-order valence-electron chi connectivity index (χ2n) is 6.91. The summed E-state index contributed by atoms with van der Waals surface area (Å²) in [5.74, 6) is 0.473. The molecule has 0 aliphatic carbocycles. The van der Waals surface area contributed by atoms with E-state index in [1.165, 1.54) is 23.5 Å². The molecule has 0 aliphatic rings. The molecule has 0 radical (unpaired) electrons. The second kappa shape index (κ2) is 9.36. The van der Waals surface area contributed by atoms with Gasteiger partial charge in [-0.15, -0.1) is 0 Å². The molecule has 1 N–H and O–H groups in total. The molecule has 3 aromatic carbocycles. The summed E-state index contributed by atoms with van der Waals surface area (Å²) in [5, 5.41) is 19.8. The van der Waals surface area contributed by atoms with E-state index in [4.69, 9.17) is 10.00 Å². The average molecular weight is 466 g/mol. The highest BCUT2D eigenvalue weighted by atomic mass is 32.2. The Morgan fingerprint density at radius 2 is 1.72 bits per heavy atom. The molecule has 0 amide bonds. The number of fused-ring (bicyclic) bond motifs is 1. The van der Waals surface area contributed by atoms with Gasteiger partial charge in [-0.3, -0.25) is 0 Å². The fourth-order valence-electron chi connectivity index (χ4n) is 3.03. The lowest BCUT2D eigenvalue weighted by atomic mass is 10.2. The zero-order chi connectivity index (χ0) is 22.6. The van der Waals surface area contributed by atoms with Gasteiger partial charge in [0, 0.05) is 0 Å². The van der Waals surface area contributed by atoms with Crippen LogP contribution in [0.4, 0.5) is 5.13 Å². The third kappa shape index (κ3) is 4.73. The summed E-state index contributed by atoms with van der Waals surface area (Å²) in [6.07, 6.45) is -1.11. The van der Waals surface area contributed by atoms with Crippen molar-refractivity contribution in [1.29, 1.82) is 5.26 Å². The molecule has 0 saturated heterocycles. The monoisotopic (exact) mass is 465 g/mol. The number of aliphatic hydroxyl groups excluding tert-OH is 1. The molecule has 162 valence electrons. The lowest BCUT2D eigenvalue weighted by Gasteiger charge is -2.24. The number of anilines is 1. The Hall–Kier alpha value is -3.45. The molecule has 0 saturated carbocycles. The van der Waals surface area contributed by atoms with Gasteiger partial charge in [-0.05, 0) is 48.5 Å². The number of para-hydroxylation sites is 1. The number of hydrogen-bond acceptors (Lipinski definition) is 7. The number of benzene rings is 3. The van der Waals surface area contributed by atoms with E-state index in [0.29, 0.717) is 16.8 Å². The molecule has 4 rings (SSSR count). The first-order valence-corrected chi connectivity index (χ1v) is 12.0. The Labute approximate surface area is 189 Å². The Bertz CT molecular complexity index is 1310. The largest absolute Gasteiger partial charge is 0.491 e. The normalized spacial score (nSPS) is 12.2. The Morgan fingerprint density at radius 3 is 2.41 bits per heavy atom. The van der Waals surface area contributed by atoms with Crippen molar-refractivity contribution in [3.05, 3.63) is 84.4 Å². The van der Waals surface area contributed by atoms with Gasteiger partial charge in [0.1, 0.15) is 18.5 Å². The molecule has 7 nitrogen and oxygen atoms in total. The number of sulfonamides is 1. The fourth-order valence-corrected chi connectivity index (χ4v) is 5.69. The maximum Gasteiger partial charge on any atom is 0.266 e. The summed E-state index contributed by atoms with van der Waals surface area (Å²) >= 11 is 1.24. The molecule has 9 heteroatoms. The van der Waals surface area contributed by atoms with Crippen LogP contribution in [-0.2, 0) is 10.0 Å². The minimum Gasteiger partial charge on any atom is -0.491 e. The minimum absolute atomic E-state index is 0.111. The van der Waals surface area contributed by atoms with Crippen LogP contribution in [0.3, 0.4) is 0 Å². The Balaban J connectivity index is 1.59. The van der Waals surface area contributed by atoms with E-state index in [9.17, 15) is 13.5 Å². The zero-order valence-corrected chi connectivity index (χ0v) is 18.5. The summed E-state index contributed by atoms with van der Waals surface area (Å²) in [7, 11) is -3.96. The van der Waals surface area contributed by atoms with Crippen LogP contribution in [0.2, 0.25) is 0 Å². The van der Waals surface area contributed by atoms with Gasteiger partial charge in [-0.1, -0.05) is 41.7 Å². The first kappa shape index (κ1) is 21.8. The second-order valence-corrected chi connectivity index (χ2v) is 9.79. The van der Waals surface area contributed by atoms with Gasteiger partial charge in [0.05, 0.1) is 33.3 Å². The number of aromatic nitrogens is 1. The molecular weight excluding hydrogens is 446 g/mol. The van der Waals surface area contributed by atoms with E-state index in [-0.39, 0.29) is 23.2 Å². The molecule has 32 heavy (non-hydrogen) atoms. The SMILES string of the molecule is N#Cc1ccc(OC[C@H](O)CN(c2nc3ccccc3s2)S(=O)(=O)c2ccccc2)cc1. The van der Waals surface area contributed by atoms with Crippen LogP contribution in [0.15, 0.2) is 83.8 Å². The predicted octanol–water partition coefficient (Wildman–Crippen LogP) is 3.80. The number of nitriles is 1. The maximum atomic E-state index is 13.4. The highest BCUT2D eigenvalue weighted by molar-refractivity contribution is 7.93. The number of aliphatic hydroxyl groups is 1. The molecule has 0 bridgehead atoms. The van der Waals surface area contributed by atoms with Crippen LogP contribution >= 0.6 is 11.3 Å². The topological polar surface area (TPSA) is 104 Å². The van der Waals surface area contributed by atoms with E-state index in [1.807, 2.05) is 30.3 Å². The molecule has 4 aromatic rings. The van der Waals surface area contributed by atoms with Gasteiger partial charge in [-0.25, -0.2) is 17.7 Å². The Morgan fingerprint density at radius 1 is 1.03 bits per heavy atom.